The predicted octanol–water partition coefficient (Wildman–Crippen LogP) is 4.61. The molecular weight excluding hydrogens is 290 g/mol. The lowest BCUT2D eigenvalue weighted by atomic mass is 10.2. The molecule has 20 heavy (non-hydrogen) atoms. The van der Waals surface area contributed by atoms with E-state index >= 15 is 0 Å². The van der Waals surface area contributed by atoms with Crippen molar-refractivity contribution in [3.63, 3.8) is 0 Å². The molecule has 4 heteroatoms. The minimum Gasteiger partial charge on any atom is -0.497 e. The first-order valence-electron chi connectivity index (χ1n) is 6.54. The maximum absolute atomic E-state index is 6.09. The highest BCUT2D eigenvalue weighted by Gasteiger charge is 2.06. The van der Waals surface area contributed by atoms with Gasteiger partial charge in [0.25, 0.3) is 0 Å². The van der Waals surface area contributed by atoms with Gasteiger partial charge in [0.15, 0.2) is 0 Å². The van der Waals surface area contributed by atoms with Gasteiger partial charge in [-0.05, 0) is 48.5 Å². The van der Waals surface area contributed by atoms with Crippen LogP contribution in [0.3, 0.4) is 0 Å². The number of nitrogens with one attached hydrogen (secondary N) is 1. The summed E-state index contributed by atoms with van der Waals surface area (Å²) >= 11 is 7.81. The third-order valence-corrected chi connectivity index (χ3v) is 4.20. The molecule has 2 aromatic carbocycles. The van der Waals surface area contributed by atoms with Crippen molar-refractivity contribution in [1.29, 1.82) is 0 Å². The normalized spacial score (nSPS) is 10.6. The topological polar surface area (TPSA) is 21.3 Å². The fourth-order valence-electron chi connectivity index (χ4n) is 1.84. The van der Waals surface area contributed by atoms with Crippen LogP contribution in [0.15, 0.2) is 52.3 Å². The van der Waals surface area contributed by atoms with Gasteiger partial charge in [-0.3, -0.25) is 0 Å². The van der Waals surface area contributed by atoms with Gasteiger partial charge in [0.1, 0.15) is 5.75 Å². The molecule has 1 N–H and O–H groups in total. The second kappa shape index (κ2) is 7.58. The standard InChI is InChI=1S/C16H18ClNOS/c1-3-18-11-12-9-13(17)7-8-16(12)20-15-6-4-5-14(10-15)19-2/h4-10,18H,3,11H2,1-2H3. The molecule has 0 amide bonds. The van der Waals surface area contributed by atoms with Crippen LogP contribution in [0.4, 0.5) is 0 Å². The fraction of sp³-hybridized carbons (Fsp3) is 0.250. The zero-order chi connectivity index (χ0) is 14.4. The molecular formula is C16H18ClNOS. The molecule has 0 saturated heterocycles. The van der Waals surface area contributed by atoms with E-state index in [1.165, 1.54) is 10.5 Å². The van der Waals surface area contributed by atoms with Gasteiger partial charge in [-0.1, -0.05) is 36.4 Å². The van der Waals surface area contributed by atoms with E-state index in [4.69, 9.17) is 16.3 Å². The molecule has 0 atom stereocenters. The molecule has 2 nitrogen and oxygen atoms in total. The summed E-state index contributed by atoms with van der Waals surface area (Å²) in [7, 11) is 1.68. The van der Waals surface area contributed by atoms with Gasteiger partial charge in [0.05, 0.1) is 7.11 Å². The molecule has 0 spiro atoms. The number of hydrogen-bond acceptors (Lipinski definition) is 3. The van der Waals surface area contributed by atoms with E-state index in [9.17, 15) is 0 Å². The van der Waals surface area contributed by atoms with Crippen molar-refractivity contribution >= 4 is 23.4 Å². The molecule has 0 aliphatic heterocycles. The summed E-state index contributed by atoms with van der Waals surface area (Å²) in [6.07, 6.45) is 0. The summed E-state index contributed by atoms with van der Waals surface area (Å²) in [6, 6.07) is 14.1. The second-order valence-electron chi connectivity index (χ2n) is 4.31. The Kier molecular flexibility index (Phi) is 5.77. The van der Waals surface area contributed by atoms with Crippen LogP contribution in [0.5, 0.6) is 5.75 Å². The minimum absolute atomic E-state index is 0.771. The van der Waals surface area contributed by atoms with Crippen LogP contribution in [0, 0.1) is 0 Å². The summed E-state index contributed by atoms with van der Waals surface area (Å²) in [5.41, 5.74) is 1.21. The molecule has 0 heterocycles. The largest absolute Gasteiger partial charge is 0.497 e. The van der Waals surface area contributed by atoms with Crippen LogP contribution >= 0.6 is 23.4 Å². The number of ether oxygens (including phenoxy) is 1. The Balaban J connectivity index is 2.22. The monoisotopic (exact) mass is 307 g/mol. The third-order valence-electron chi connectivity index (χ3n) is 2.86. The number of methoxy groups -OCH3 is 1. The summed E-state index contributed by atoms with van der Waals surface area (Å²) in [4.78, 5) is 2.37. The first-order chi connectivity index (χ1) is 9.72. The van der Waals surface area contributed by atoms with Crippen molar-refractivity contribution < 1.29 is 4.74 Å². The van der Waals surface area contributed by atoms with E-state index in [0.717, 1.165) is 28.8 Å². The Hall–Kier alpha value is -1.16. The Morgan fingerprint density at radius 1 is 1.20 bits per heavy atom. The quantitative estimate of drug-likeness (QED) is 0.842. The van der Waals surface area contributed by atoms with Gasteiger partial charge in [-0.25, -0.2) is 0 Å². The number of hydrogen-bond donors (Lipinski definition) is 1. The summed E-state index contributed by atoms with van der Waals surface area (Å²) in [5, 5.41) is 4.12. The molecule has 2 aromatic rings. The summed E-state index contributed by atoms with van der Waals surface area (Å²) in [6.45, 7) is 3.86. The molecule has 0 saturated carbocycles. The van der Waals surface area contributed by atoms with E-state index in [2.05, 4.69) is 24.4 Å². The van der Waals surface area contributed by atoms with Gasteiger partial charge in [-0.2, -0.15) is 0 Å². The van der Waals surface area contributed by atoms with E-state index < -0.39 is 0 Å². The average molecular weight is 308 g/mol. The van der Waals surface area contributed by atoms with E-state index in [1.807, 2.05) is 30.3 Å². The SMILES string of the molecule is CCNCc1cc(Cl)ccc1Sc1cccc(OC)c1. The zero-order valence-corrected chi connectivity index (χ0v) is 13.2. The van der Waals surface area contributed by atoms with Gasteiger partial charge in [0, 0.05) is 21.4 Å². The predicted molar refractivity (Wildman–Crippen MR) is 85.9 cm³/mol. The smallest absolute Gasteiger partial charge is 0.119 e. The maximum Gasteiger partial charge on any atom is 0.119 e. The van der Waals surface area contributed by atoms with Crippen molar-refractivity contribution in [2.75, 3.05) is 13.7 Å². The van der Waals surface area contributed by atoms with Crippen LogP contribution in [-0.4, -0.2) is 13.7 Å². The number of rotatable bonds is 6. The van der Waals surface area contributed by atoms with Crippen LogP contribution in [0.1, 0.15) is 12.5 Å². The molecule has 0 aliphatic rings. The van der Waals surface area contributed by atoms with Crippen molar-refractivity contribution in [2.24, 2.45) is 0 Å². The van der Waals surface area contributed by atoms with Crippen LogP contribution in [-0.2, 0) is 6.54 Å². The molecule has 2 rings (SSSR count). The Labute approximate surface area is 129 Å². The Morgan fingerprint density at radius 2 is 2.05 bits per heavy atom. The Bertz CT molecular complexity index is 574. The zero-order valence-electron chi connectivity index (χ0n) is 11.7. The van der Waals surface area contributed by atoms with Crippen LogP contribution in [0.2, 0.25) is 5.02 Å². The van der Waals surface area contributed by atoms with Gasteiger partial charge in [0.2, 0.25) is 0 Å². The molecule has 106 valence electrons. The van der Waals surface area contributed by atoms with Gasteiger partial charge in [-0.15, -0.1) is 0 Å². The lowest BCUT2D eigenvalue weighted by molar-refractivity contribution is 0.413. The third kappa shape index (κ3) is 4.17. The van der Waals surface area contributed by atoms with Gasteiger partial charge >= 0.3 is 0 Å². The molecule has 0 unspecified atom stereocenters. The van der Waals surface area contributed by atoms with Crippen molar-refractivity contribution in [3.05, 3.63) is 53.1 Å². The van der Waals surface area contributed by atoms with Crippen LogP contribution in [0.25, 0.3) is 0 Å². The first-order valence-corrected chi connectivity index (χ1v) is 7.73. The van der Waals surface area contributed by atoms with E-state index in [1.54, 1.807) is 18.9 Å². The molecule has 0 radical (unpaired) electrons. The van der Waals surface area contributed by atoms with Crippen molar-refractivity contribution in [2.45, 2.75) is 23.3 Å². The second-order valence-corrected chi connectivity index (χ2v) is 5.87. The van der Waals surface area contributed by atoms with Crippen LogP contribution < -0.4 is 10.1 Å². The average Bonchev–Trinajstić information content (AvgIpc) is 2.47. The molecule has 0 aromatic heterocycles. The summed E-state index contributed by atoms with van der Waals surface area (Å²) < 4.78 is 5.26. The lowest BCUT2D eigenvalue weighted by Gasteiger charge is -2.11. The Morgan fingerprint density at radius 3 is 2.80 bits per heavy atom. The van der Waals surface area contributed by atoms with Crippen molar-refractivity contribution in [3.8, 4) is 5.75 Å². The van der Waals surface area contributed by atoms with Gasteiger partial charge < -0.3 is 10.1 Å². The van der Waals surface area contributed by atoms with E-state index in [0.29, 0.717) is 0 Å². The highest BCUT2D eigenvalue weighted by Crippen LogP contribution is 2.33. The van der Waals surface area contributed by atoms with Crippen molar-refractivity contribution in [1.82, 2.24) is 5.32 Å². The highest BCUT2D eigenvalue weighted by molar-refractivity contribution is 7.99. The fourth-order valence-corrected chi connectivity index (χ4v) is 3.01. The first kappa shape index (κ1) is 15.2. The number of halogens is 1. The molecule has 0 bridgehead atoms. The molecule has 0 fully saturated rings. The number of benzene rings is 2. The minimum atomic E-state index is 0.771. The lowest BCUT2D eigenvalue weighted by Crippen LogP contribution is -2.12. The molecule has 0 aliphatic carbocycles. The van der Waals surface area contributed by atoms with E-state index in [-0.39, 0.29) is 0 Å². The highest BCUT2D eigenvalue weighted by atomic mass is 35.5. The summed E-state index contributed by atoms with van der Waals surface area (Å²) in [5.74, 6) is 0.872. The maximum atomic E-state index is 6.09.